The summed E-state index contributed by atoms with van der Waals surface area (Å²) in [6.07, 6.45) is -0.280. The maximum Gasteiger partial charge on any atom is 0.421 e. The van der Waals surface area contributed by atoms with Crippen LogP contribution in [-0.4, -0.2) is 34.5 Å². The number of nitrogens with zero attached hydrogens (tertiary/aromatic N) is 4. The molecule has 214 valence electrons. The maximum atomic E-state index is 13.8. The number of hydrogen-bond donors (Lipinski definition) is 1. The van der Waals surface area contributed by atoms with Crippen molar-refractivity contribution in [3.05, 3.63) is 52.7 Å². The number of alkyl halides is 3. The molecular formula is C26H32ClF3N5O4-. The van der Waals surface area contributed by atoms with Crippen molar-refractivity contribution < 1.29 is 32.2 Å². The first-order valence-corrected chi connectivity index (χ1v) is 12.8. The second-order valence-corrected chi connectivity index (χ2v) is 10.2. The number of carbonyl (C=O) groups is 2. The second-order valence-electron chi connectivity index (χ2n) is 9.84. The number of hydrogen-bond acceptors (Lipinski definition) is 7. The summed E-state index contributed by atoms with van der Waals surface area (Å²) in [5, 5.41) is 0. The molecule has 9 nitrogen and oxygen atoms in total. The number of pyridine rings is 1. The topological polar surface area (TPSA) is 112 Å². The number of ether oxygens (including phenoxy) is 2. The Morgan fingerprint density at radius 3 is 2.44 bits per heavy atom. The summed E-state index contributed by atoms with van der Waals surface area (Å²) in [6.45, 7) is 5.59. The van der Waals surface area contributed by atoms with Gasteiger partial charge < -0.3 is 30.3 Å². The zero-order valence-electron chi connectivity index (χ0n) is 22.2. The molecule has 1 saturated carbocycles. The van der Waals surface area contributed by atoms with Crippen molar-refractivity contribution in [3.63, 3.8) is 0 Å². The Balaban J connectivity index is 1.99. The Morgan fingerprint density at radius 2 is 1.87 bits per heavy atom. The highest BCUT2D eigenvalue weighted by Gasteiger charge is 2.36. The van der Waals surface area contributed by atoms with Gasteiger partial charge in [-0.3, -0.25) is 4.79 Å². The number of aromatic nitrogens is 1. The molecule has 0 radical (unpaired) electrons. The van der Waals surface area contributed by atoms with Gasteiger partial charge in [-0.15, -0.1) is 0 Å². The molecule has 1 amide bonds. The fourth-order valence-corrected chi connectivity index (χ4v) is 4.72. The number of rotatable bonds is 9. The molecular weight excluding hydrogens is 539 g/mol. The molecule has 13 heteroatoms. The average molecular weight is 571 g/mol. The molecule has 1 aromatic heterocycles. The molecule has 0 atom stereocenters. The van der Waals surface area contributed by atoms with Gasteiger partial charge in [-0.05, 0) is 87.1 Å². The van der Waals surface area contributed by atoms with Gasteiger partial charge in [0.25, 0.3) is 0 Å². The minimum Gasteiger partial charge on any atom is -0.517 e. The van der Waals surface area contributed by atoms with Gasteiger partial charge in [-0.25, -0.2) is 9.78 Å². The quantitative estimate of drug-likeness (QED) is 0.161. The van der Waals surface area contributed by atoms with E-state index >= 15 is 0 Å². The highest BCUT2D eigenvalue weighted by Crippen LogP contribution is 2.39. The van der Waals surface area contributed by atoms with E-state index in [4.69, 9.17) is 27.1 Å². The first-order valence-electron chi connectivity index (χ1n) is 12.5. The third-order valence-electron chi connectivity index (χ3n) is 6.62. The Bertz CT molecular complexity index is 1170. The molecule has 1 aliphatic rings. The Labute approximate surface area is 230 Å². The van der Waals surface area contributed by atoms with Crippen LogP contribution in [0.2, 0.25) is 0 Å². The molecule has 0 aliphatic heterocycles. The van der Waals surface area contributed by atoms with Crippen molar-refractivity contribution in [1.82, 2.24) is 9.51 Å². The van der Waals surface area contributed by atoms with Crippen LogP contribution in [0, 0.1) is 11.8 Å². The Morgan fingerprint density at radius 1 is 1.21 bits per heavy atom. The summed E-state index contributed by atoms with van der Waals surface area (Å²) in [7, 11) is 1.18. The Hall–Kier alpha value is -2.93. The van der Waals surface area contributed by atoms with Crippen LogP contribution in [0.3, 0.4) is 0 Å². The van der Waals surface area contributed by atoms with Gasteiger partial charge in [0.2, 0.25) is 11.8 Å². The zero-order chi connectivity index (χ0) is 28.9. The van der Waals surface area contributed by atoms with Gasteiger partial charge in [0, 0.05) is 24.7 Å². The minimum absolute atomic E-state index is 0.0197. The van der Waals surface area contributed by atoms with Crippen LogP contribution >= 0.6 is 11.8 Å². The van der Waals surface area contributed by atoms with E-state index in [1.54, 1.807) is 4.90 Å². The molecule has 1 aromatic carbocycles. The van der Waals surface area contributed by atoms with Crippen molar-refractivity contribution in [2.75, 3.05) is 12.0 Å². The van der Waals surface area contributed by atoms with E-state index in [0.29, 0.717) is 11.6 Å². The molecule has 0 unspecified atom stereocenters. The van der Waals surface area contributed by atoms with E-state index in [1.165, 1.54) is 25.3 Å². The molecule has 1 heterocycles. The maximum absolute atomic E-state index is 13.8. The number of anilines is 1. The van der Waals surface area contributed by atoms with Crippen LogP contribution in [0.5, 0.6) is 11.6 Å². The lowest BCUT2D eigenvalue weighted by atomic mass is 9.82. The van der Waals surface area contributed by atoms with Crippen LogP contribution in [0.15, 0.2) is 30.5 Å². The van der Waals surface area contributed by atoms with E-state index < -0.39 is 23.6 Å². The largest absolute Gasteiger partial charge is 0.517 e. The highest BCUT2D eigenvalue weighted by molar-refractivity contribution is 6.13. The van der Waals surface area contributed by atoms with Gasteiger partial charge in [-0.2, -0.15) is 13.2 Å². The van der Waals surface area contributed by atoms with Gasteiger partial charge in [0.05, 0.1) is 18.4 Å². The van der Waals surface area contributed by atoms with E-state index in [9.17, 15) is 22.8 Å². The SMILES string of the molecule is COC(=O)c1cc(Oc2ncc(CN(Cl)[N-]N)cc2C(F)(F)F)ccc1N(C(=O)C1CCC(C)CC1)C(C)C. The molecule has 1 aliphatic carbocycles. The first-order chi connectivity index (χ1) is 18.3. The molecule has 2 N–H and O–H groups in total. The lowest BCUT2D eigenvalue weighted by molar-refractivity contribution is -0.139. The molecule has 1 fully saturated rings. The van der Waals surface area contributed by atoms with Gasteiger partial charge in [0.15, 0.2) is 0 Å². The van der Waals surface area contributed by atoms with Crippen molar-refractivity contribution in [2.24, 2.45) is 17.7 Å². The fraction of sp³-hybridized carbons (Fsp3) is 0.500. The van der Waals surface area contributed by atoms with Crippen LogP contribution < -0.4 is 15.5 Å². The Kier molecular flexibility index (Phi) is 10.2. The lowest BCUT2D eigenvalue weighted by Gasteiger charge is -2.34. The molecule has 0 spiro atoms. The molecule has 2 aromatic rings. The van der Waals surface area contributed by atoms with Crippen LogP contribution in [0.1, 0.15) is 67.9 Å². The number of halogens is 4. The summed E-state index contributed by atoms with van der Waals surface area (Å²) in [5.74, 6) is 3.71. The number of methoxy groups -OCH3 is 1. The standard InChI is InChI=1S/C26H32ClF3N5O4/c1-15(2)35(24(36)18-7-5-16(3)6-8-18)22-10-9-19(12-20(22)25(37)38-4)39-23-21(26(28,29)30)11-17(13-32-23)14-34(27)33-31/h9-13,15-16,18H,5-8,14,31H2,1-4H3/q-1. The third-order valence-corrected chi connectivity index (χ3v) is 6.82. The average Bonchev–Trinajstić information content (AvgIpc) is 2.89. The van der Waals surface area contributed by atoms with Crippen molar-refractivity contribution in [3.8, 4) is 11.6 Å². The van der Waals surface area contributed by atoms with Crippen LogP contribution in [-0.2, 0) is 22.3 Å². The number of esters is 1. The molecule has 0 saturated heterocycles. The highest BCUT2D eigenvalue weighted by atomic mass is 35.5. The predicted molar refractivity (Wildman–Crippen MR) is 140 cm³/mol. The van der Waals surface area contributed by atoms with E-state index in [0.717, 1.165) is 42.5 Å². The monoisotopic (exact) mass is 570 g/mol. The van der Waals surface area contributed by atoms with E-state index in [2.05, 4.69) is 17.4 Å². The minimum atomic E-state index is -4.81. The van der Waals surface area contributed by atoms with Gasteiger partial charge in [-0.1, -0.05) is 6.92 Å². The fourth-order valence-electron chi connectivity index (χ4n) is 4.59. The first kappa shape index (κ1) is 30.6. The third kappa shape index (κ3) is 7.59. The number of nitrogens with two attached hydrogens (primary N) is 1. The molecule has 0 bridgehead atoms. The summed E-state index contributed by atoms with van der Waals surface area (Å²) in [5.41, 5.74) is 2.37. The van der Waals surface area contributed by atoms with Crippen molar-refractivity contribution >= 4 is 29.3 Å². The summed E-state index contributed by atoms with van der Waals surface area (Å²) < 4.78 is 52.6. The second kappa shape index (κ2) is 12.9. The predicted octanol–water partition coefficient (Wildman–Crippen LogP) is 6.37. The number of amides is 1. The lowest BCUT2D eigenvalue weighted by Crippen LogP contribution is -2.43. The number of benzene rings is 1. The van der Waals surface area contributed by atoms with E-state index in [1.807, 2.05) is 13.8 Å². The molecule has 39 heavy (non-hydrogen) atoms. The normalized spacial score (nSPS) is 17.8. The molecule has 3 rings (SSSR count). The summed E-state index contributed by atoms with van der Waals surface area (Å²) in [6, 6.07) is 4.64. The van der Waals surface area contributed by atoms with Crippen molar-refractivity contribution in [1.29, 1.82) is 0 Å². The number of carbonyl (C=O) groups excluding carboxylic acids is 2. The van der Waals surface area contributed by atoms with Gasteiger partial charge >= 0.3 is 12.1 Å². The van der Waals surface area contributed by atoms with E-state index in [-0.39, 0.29) is 41.3 Å². The van der Waals surface area contributed by atoms with Crippen LogP contribution in [0.25, 0.3) is 5.53 Å². The van der Waals surface area contributed by atoms with Crippen LogP contribution in [0.4, 0.5) is 18.9 Å². The smallest absolute Gasteiger partial charge is 0.421 e. The summed E-state index contributed by atoms with van der Waals surface area (Å²) in [4.78, 5) is 31.7. The van der Waals surface area contributed by atoms with Gasteiger partial charge in [0.1, 0.15) is 11.3 Å². The summed E-state index contributed by atoms with van der Waals surface area (Å²) >= 11 is 5.67. The zero-order valence-corrected chi connectivity index (χ0v) is 22.9. The van der Waals surface area contributed by atoms with Crippen molar-refractivity contribution in [2.45, 2.75) is 65.2 Å².